The summed E-state index contributed by atoms with van der Waals surface area (Å²) in [7, 11) is 0. The average molecular weight is 370 g/mol. The molecule has 1 aromatic heterocycles. The minimum atomic E-state index is -0.500. The van der Waals surface area contributed by atoms with Crippen molar-refractivity contribution in [2.24, 2.45) is 0 Å². The Labute approximate surface area is 138 Å². The average Bonchev–Trinajstić information content (AvgIpc) is 2.91. The van der Waals surface area contributed by atoms with E-state index >= 15 is 0 Å². The zero-order valence-corrected chi connectivity index (χ0v) is 14.4. The van der Waals surface area contributed by atoms with E-state index in [-0.39, 0.29) is 6.10 Å². The molecule has 2 atom stereocenters. The number of nitrogens with one attached hydrogen (secondary N) is 1. The van der Waals surface area contributed by atoms with Gasteiger partial charge < -0.3 is 15.2 Å². The first kappa shape index (κ1) is 16.6. The lowest BCUT2D eigenvalue weighted by molar-refractivity contribution is -0.00210. The maximum Gasteiger partial charge on any atom is 0.0898 e. The Bertz CT molecular complexity index is 532. The fraction of sp³-hybridized carbons (Fsp3) is 0.375. The SMILES string of the molecule is CC(OCC(O)CNCc1ccc(Br)s1)c1ccccc1. The zero-order valence-electron chi connectivity index (χ0n) is 12.0. The highest BCUT2D eigenvalue weighted by Crippen LogP contribution is 2.21. The second kappa shape index (κ2) is 8.66. The minimum absolute atomic E-state index is 0.00546. The molecule has 5 heteroatoms. The van der Waals surface area contributed by atoms with E-state index in [0.29, 0.717) is 13.2 Å². The van der Waals surface area contributed by atoms with Crippen LogP contribution in [-0.4, -0.2) is 24.4 Å². The van der Waals surface area contributed by atoms with Gasteiger partial charge in [-0.2, -0.15) is 0 Å². The molecule has 21 heavy (non-hydrogen) atoms. The van der Waals surface area contributed by atoms with Gasteiger partial charge in [0.05, 0.1) is 22.6 Å². The van der Waals surface area contributed by atoms with Crippen molar-refractivity contribution < 1.29 is 9.84 Å². The first-order chi connectivity index (χ1) is 10.1. The van der Waals surface area contributed by atoms with Gasteiger partial charge in [-0.15, -0.1) is 11.3 Å². The molecule has 1 heterocycles. The van der Waals surface area contributed by atoms with Gasteiger partial charge in [-0.25, -0.2) is 0 Å². The van der Waals surface area contributed by atoms with Crippen LogP contribution in [0.15, 0.2) is 46.3 Å². The Morgan fingerprint density at radius 1 is 1.24 bits per heavy atom. The number of aliphatic hydroxyl groups excluding tert-OH is 1. The molecule has 2 aromatic rings. The first-order valence-corrected chi connectivity index (χ1v) is 8.55. The van der Waals surface area contributed by atoms with E-state index in [1.54, 1.807) is 11.3 Å². The van der Waals surface area contributed by atoms with Crippen LogP contribution in [0.1, 0.15) is 23.5 Å². The van der Waals surface area contributed by atoms with Gasteiger partial charge in [-0.3, -0.25) is 0 Å². The highest BCUT2D eigenvalue weighted by atomic mass is 79.9. The molecule has 3 nitrogen and oxygen atoms in total. The summed E-state index contributed by atoms with van der Waals surface area (Å²) in [5, 5.41) is 13.2. The molecule has 1 aromatic carbocycles. The third kappa shape index (κ3) is 5.88. The van der Waals surface area contributed by atoms with Gasteiger partial charge in [0.1, 0.15) is 0 Å². The Hall–Kier alpha value is -0.720. The van der Waals surface area contributed by atoms with Crippen molar-refractivity contribution in [3.05, 3.63) is 56.7 Å². The fourth-order valence-corrected chi connectivity index (χ4v) is 3.40. The van der Waals surface area contributed by atoms with Gasteiger partial charge in [-0.05, 0) is 40.5 Å². The molecule has 0 saturated heterocycles. The number of thiophene rings is 1. The Morgan fingerprint density at radius 3 is 2.67 bits per heavy atom. The second-order valence-corrected chi connectivity index (χ2v) is 7.42. The number of aliphatic hydroxyl groups is 1. The highest BCUT2D eigenvalue weighted by Gasteiger charge is 2.09. The monoisotopic (exact) mass is 369 g/mol. The van der Waals surface area contributed by atoms with Gasteiger partial charge in [0.2, 0.25) is 0 Å². The van der Waals surface area contributed by atoms with Crippen LogP contribution >= 0.6 is 27.3 Å². The summed E-state index contributed by atoms with van der Waals surface area (Å²) in [6, 6.07) is 14.1. The summed E-state index contributed by atoms with van der Waals surface area (Å²) in [6.45, 7) is 3.62. The largest absolute Gasteiger partial charge is 0.389 e. The van der Waals surface area contributed by atoms with Crippen molar-refractivity contribution in [2.75, 3.05) is 13.2 Å². The zero-order chi connectivity index (χ0) is 15.1. The van der Waals surface area contributed by atoms with E-state index < -0.39 is 6.10 Å². The lowest BCUT2D eigenvalue weighted by atomic mass is 10.1. The van der Waals surface area contributed by atoms with E-state index in [9.17, 15) is 5.11 Å². The first-order valence-electron chi connectivity index (χ1n) is 6.94. The Morgan fingerprint density at radius 2 is 2.00 bits per heavy atom. The van der Waals surface area contributed by atoms with Crippen molar-refractivity contribution in [3.63, 3.8) is 0 Å². The Kier molecular flexibility index (Phi) is 6.86. The number of benzene rings is 1. The molecule has 0 aliphatic carbocycles. The summed E-state index contributed by atoms with van der Waals surface area (Å²) in [4.78, 5) is 1.24. The molecule has 0 aliphatic heterocycles. The summed E-state index contributed by atoms with van der Waals surface area (Å²) < 4.78 is 6.83. The van der Waals surface area contributed by atoms with Gasteiger partial charge in [0, 0.05) is 18.0 Å². The fourth-order valence-electron chi connectivity index (χ4n) is 1.94. The van der Waals surface area contributed by atoms with Crippen molar-refractivity contribution in [2.45, 2.75) is 25.7 Å². The number of halogens is 1. The lowest BCUT2D eigenvalue weighted by Crippen LogP contribution is -2.30. The van der Waals surface area contributed by atoms with Gasteiger partial charge >= 0.3 is 0 Å². The minimum Gasteiger partial charge on any atom is -0.389 e. The molecule has 0 fully saturated rings. The molecule has 0 radical (unpaired) electrons. The molecule has 0 bridgehead atoms. The standard InChI is InChI=1S/C16H20BrNO2S/c1-12(13-5-3-2-4-6-13)20-11-14(19)9-18-10-15-7-8-16(17)21-15/h2-8,12,14,18-19H,9-11H2,1H3. The highest BCUT2D eigenvalue weighted by molar-refractivity contribution is 9.11. The van der Waals surface area contributed by atoms with E-state index in [2.05, 4.69) is 27.3 Å². The molecule has 0 aliphatic rings. The van der Waals surface area contributed by atoms with Gasteiger partial charge in [-0.1, -0.05) is 30.3 Å². The van der Waals surface area contributed by atoms with Crippen molar-refractivity contribution in [3.8, 4) is 0 Å². The van der Waals surface area contributed by atoms with Gasteiger partial charge in [0.15, 0.2) is 0 Å². The van der Waals surface area contributed by atoms with E-state index in [0.717, 1.165) is 15.9 Å². The molecular formula is C16H20BrNO2S. The van der Waals surface area contributed by atoms with E-state index in [4.69, 9.17) is 4.74 Å². The summed E-state index contributed by atoms with van der Waals surface area (Å²) in [5.74, 6) is 0. The van der Waals surface area contributed by atoms with Crippen LogP contribution in [0.2, 0.25) is 0 Å². The van der Waals surface area contributed by atoms with Crippen LogP contribution < -0.4 is 5.32 Å². The Balaban J connectivity index is 1.64. The molecule has 0 spiro atoms. The van der Waals surface area contributed by atoms with Crippen LogP contribution in [0.4, 0.5) is 0 Å². The molecule has 0 saturated carbocycles. The topological polar surface area (TPSA) is 41.5 Å². The number of hydrogen-bond acceptors (Lipinski definition) is 4. The van der Waals surface area contributed by atoms with Crippen LogP contribution in [0.3, 0.4) is 0 Å². The number of hydrogen-bond donors (Lipinski definition) is 2. The smallest absolute Gasteiger partial charge is 0.0898 e. The van der Waals surface area contributed by atoms with Crippen molar-refractivity contribution in [1.29, 1.82) is 0 Å². The predicted molar refractivity (Wildman–Crippen MR) is 90.5 cm³/mol. The quantitative estimate of drug-likeness (QED) is 0.744. The van der Waals surface area contributed by atoms with Crippen LogP contribution in [-0.2, 0) is 11.3 Å². The molecular weight excluding hydrogens is 350 g/mol. The maximum absolute atomic E-state index is 9.93. The molecule has 2 unspecified atom stereocenters. The normalized spacial score (nSPS) is 14.0. The molecule has 114 valence electrons. The van der Waals surface area contributed by atoms with Gasteiger partial charge in [0.25, 0.3) is 0 Å². The second-order valence-electron chi connectivity index (χ2n) is 4.88. The molecule has 2 N–H and O–H groups in total. The maximum atomic E-state index is 9.93. The predicted octanol–water partition coefficient (Wildman–Crippen LogP) is 3.74. The number of rotatable bonds is 8. The third-order valence-electron chi connectivity index (χ3n) is 3.12. The molecule has 0 amide bonds. The van der Waals surface area contributed by atoms with Crippen LogP contribution in [0.25, 0.3) is 0 Å². The van der Waals surface area contributed by atoms with Crippen LogP contribution in [0.5, 0.6) is 0 Å². The third-order valence-corrected chi connectivity index (χ3v) is 4.74. The summed E-state index contributed by atoms with van der Waals surface area (Å²) in [6.07, 6.45) is -0.506. The molecule has 2 rings (SSSR count). The van der Waals surface area contributed by atoms with E-state index in [1.165, 1.54) is 4.88 Å². The van der Waals surface area contributed by atoms with Crippen molar-refractivity contribution in [1.82, 2.24) is 5.32 Å². The van der Waals surface area contributed by atoms with Crippen molar-refractivity contribution >= 4 is 27.3 Å². The number of ether oxygens (including phenoxy) is 1. The lowest BCUT2D eigenvalue weighted by Gasteiger charge is -2.17. The van der Waals surface area contributed by atoms with E-state index in [1.807, 2.05) is 43.3 Å². The summed E-state index contributed by atoms with van der Waals surface area (Å²) in [5.41, 5.74) is 1.13. The summed E-state index contributed by atoms with van der Waals surface area (Å²) >= 11 is 5.13. The van der Waals surface area contributed by atoms with Crippen LogP contribution in [0, 0.1) is 0 Å².